The van der Waals surface area contributed by atoms with Crippen molar-refractivity contribution in [3.8, 4) is 0 Å². The van der Waals surface area contributed by atoms with Crippen LogP contribution in [0.1, 0.15) is 22.0 Å². The van der Waals surface area contributed by atoms with E-state index in [1.165, 1.54) is 17.0 Å². The fraction of sp³-hybridized carbons (Fsp3) is 0.200. The molecule has 7 heteroatoms. The maximum atomic E-state index is 12.6. The summed E-state index contributed by atoms with van der Waals surface area (Å²) in [5.74, 6) is -0.118. The zero-order valence-corrected chi connectivity index (χ0v) is 16.5. The maximum Gasteiger partial charge on any atom is 0.224 e. The van der Waals surface area contributed by atoms with E-state index in [0.717, 1.165) is 17.4 Å². The van der Waals surface area contributed by atoms with Crippen LogP contribution in [0, 0.1) is 0 Å². The number of pyridine rings is 1. The highest BCUT2D eigenvalue weighted by Gasteiger charge is 2.17. The predicted molar refractivity (Wildman–Crippen MR) is 106 cm³/mol. The number of hydrogen-bond donors (Lipinski definition) is 1. The van der Waals surface area contributed by atoms with Crippen LogP contribution in [-0.4, -0.2) is 25.6 Å². The van der Waals surface area contributed by atoms with E-state index in [0.29, 0.717) is 6.42 Å². The van der Waals surface area contributed by atoms with Crippen molar-refractivity contribution in [1.82, 2.24) is 10.3 Å². The molecule has 0 fully saturated rings. The zero-order chi connectivity index (χ0) is 19.3. The molecule has 0 aliphatic rings. The lowest BCUT2D eigenvalue weighted by atomic mass is 10.0. The molecule has 0 radical (unpaired) electrons. The van der Waals surface area contributed by atoms with Gasteiger partial charge in [0.2, 0.25) is 5.91 Å². The highest BCUT2D eigenvalue weighted by atomic mass is 32.2. The van der Waals surface area contributed by atoms with Crippen molar-refractivity contribution in [2.45, 2.75) is 23.8 Å². The van der Waals surface area contributed by atoms with Crippen molar-refractivity contribution in [2.75, 3.05) is 6.26 Å². The molecule has 1 N–H and O–H groups in total. The Morgan fingerprint density at radius 1 is 1.15 bits per heavy atom. The summed E-state index contributed by atoms with van der Waals surface area (Å²) in [6, 6.07) is 14.1. The second-order valence-electron chi connectivity index (χ2n) is 6.28. The molecule has 1 aromatic carbocycles. The Kier molecular flexibility index (Phi) is 6.03. The maximum absolute atomic E-state index is 12.6. The van der Waals surface area contributed by atoms with Gasteiger partial charge in [-0.3, -0.25) is 9.78 Å². The molecule has 1 unspecified atom stereocenters. The molecular formula is C20H20N2O3S2. The molecule has 0 aliphatic carbocycles. The Balaban J connectivity index is 1.70. The fourth-order valence-corrected chi connectivity index (χ4v) is 4.13. The standard InChI is InChI=1S/C20H20N2O3S2/c1-27(24,25)18-8-6-15(7-9-18)12-20(23)22-19(13-17-5-3-11-26-17)16-4-2-10-21-14-16/h2-11,14,19H,12-13H2,1H3,(H,22,23). The van der Waals surface area contributed by atoms with Crippen molar-refractivity contribution in [3.63, 3.8) is 0 Å². The first kappa shape index (κ1) is 19.3. The van der Waals surface area contributed by atoms with Gasteiger partial charge in [0.1, 0.15) is 0 Å². The largest absolute Gasteiger partial charge is 0.349 e. The average Bonchev–Trinajstić information content (AvgIpc) is 3.15. The lowest BCUT2D eigenvalue weighted by Gasteiger charge is -2.18. The number of aromatic nitrogens is 1. The molecule has 1 atom stereocenters. The monoisotopic (exact) mass is 400 g/mol. The smallest absolute Gasteiger partial charge is 0.224 e. The average molecular weight is 401 g/mol. The molecule has 0 saturated heterocycles. The minimum absolute atomic E-state index is 0.118. The van der Waals surface area contributed by atoms with Gasteiger partial charge in [0.05, 0.1) is 17.4 Å². The number of rotatable bonds is 7. The summed E-state index contributed by atoms with van der Waals surface area (Å²) in [6.45, 7) is 0. The van der Waals surface area contributed by atoms with Crippen LogP contribution >= 0.6 is 11.3 Å². The van der Waals surface area contributed by atoms with E-state index in [9.17, 15) is 13.2 Å². The highest BCUT2D eigenvalue weighted by Crippen LogP contribution is 2.21. The van der Waals surface area contributed by atoms with Crippen molar-refractivity contribution < 1.29 is 13.2 Å². The normalized spacial score (nSPS) is 12.5. The van der Waals surface area contributed by atoms with Gasteiger partial charge < -0.3 is 5.32 Å². The first-order valence-corrected chi connectivity index (χ1v) is 11.2. The molecule has 2 aromatic heterocycles. The molecule has 0 bridgehead atoms. The van der Waals surface area contributed by atoms with Crippen LogP contribution in [0.5, 0.6) is 0 Å². The van der Waals surface area contributed by atoms with E-state index in [2.05, 4.69) is 10.3 Å². The number of carbonyl (C=O) groups excluding carboxylic acids is 1. The van der Waals surface area contributed by atoms with Crippen LogP contribution in [0.15, 0.2) is 71.2 Å². The molecular weight excluding hydrogens is 380 g/mol. The summed E-state index contributed by atoms with van der Waals surface area (Å²) in [5.41, 5.74) is 1.72. The minimum Gasteiger partial charge on any atom is -0.349 e. The van der Waals surface area contributed by atoms with Crippen molar-refractivity contribution in [1.29, 1.82) is 0 Å². The number of amides is 1. The SMILES string of the molecule is CS(=O)(=O)c1ccc(CC(=O)NC(Cc2cccs2)c2cccnc2)cc1. The Hall–Kier alpha value is -2.51. The van der Waals surface area contributed by atoms with Crippen LogP contribution in [0.25, 0.3) is 0 Å². The van der Waals surface area contributed by atoms with Gasteiger partial charge in [0.25, 0.3) is 0 Å². The van der Waals surface area contributed by atoms with Gasteiger partial charge in [0, 0.05) is 29.9 Å². The van der Waals surface area contributed by atoms with Crippen molar-refractivity contribution in [3.05, 3.63) is 82.3 Å². The lowest BCUT2D eigenvalue weighted by molar-refractivity contribution is -0.121. The van der Waals surface area contributed by atoms with Crippen molar-refractivity contribution >= 4 is 27.1 Å². The molecule has 3 aromatic rings. The van der Waals surface area contributed by atoms with Gasteiger partial charge in [0.15, 0.2) is 9.84 Å². The van der Waals surface area contributed by atoms with Gasteiger partial charge >= 0.3 is 0 Å². The summed E-state index contributed by atoms with van der Waals surface area (Å²) in [5, 5.41) is 5.09. The Labute approximate surface area is 163 Å². The van der Waals surface area contributed by atoms with Crippen molar-refractivity contribution in [2.24, 2.45) is 0 Å². The first-order valence-electron chi connectivity index (χ1n) is 8.42. The molecule has 27 heavy (non-hydrogen) atoms. The number of thiophene rings is 1. The summed E-state index contributed by atoms with van der Waals surface area (Å²) >= 11 is 1.65. The fourth-order valence-electron chi connectivity index (χ4n) is 2.75. The van der Waals surface area contributed by atoms with Gasteiger partial charge in [-0.15, -0.1) is 11.3 Å². The molecule has 2 heterocycles. The summed E-state index contributed by atoms with van der Waals surface area (Å²) in [6.07, 6.45) is 5.52. The molecule has 0 saturated carbocycles. The van der Waals surface area contributed by atoms with E-state index >= 15 is 0 Å². The molecule has 0 spiro atoms. The number of nitrogens with one attached hydrogen (secondary N) is 1. The highest BCUT2D eigenvalue weighted by molar-refractivity contribution is 7.90. The van der Waals surface area contributed by atoms with E-state index in [4.69, 9.17) is 0 Å². The van der Waals surface area contributed by atoms with E-state index < -0.39 is 9.84 Å². The zero-order valence-electron chi connectivity index (χ0n) is 14.8. The molecule has 3 rings (SSSR count). The van der Waals surface area contributed by atoms with E-state index in [-0.39, 0.29) is 23.3 Å². The second kappa shape index (κ2) is 8.45. The third-order valence-corrected chi connectivity index (χ3v) is 6.15. The van der Waals surface area contributed by atoms with Crippen LogP contribution in [0.4, 0.5) is 0 Å². The second-order valence-corrected chi connectivity index (χ2v) is 9.33. The van der Waals surface area contributed by atoms with Crippen LogP contribution in [0.3, 0.4) is 0 Å². The quantitative estimate of drug-likeness (QED) is 0.661. The number of sulfone groups is 1. The molecule has 5 nitrogen and oxygen atoms in total. The molecule has 0 aliphatic heterocycles. The van der Waals surface area contributed by atoms with E-state index in [1.807, 2.05) is 29.6 Å². The van der Waals surface area contributed by atoms with Gasteiger partial charge in [-0.2, -0.15) is 0 Å². The Bertz CT molecular complexity index is 983. The molecule has 140 valence electrons. The van der Waals surface area contributed by atoms with Crippen LogP contribution in [-0.2, 0) is 27.5 Å². The number of carbonyl (C=O) groups is 1. The topological polar surface area (TPSA) is 76.1 Å². The van der Waals surface area contributed by atoms with Gasteiger partial charge in [-0.05, 0) is 40.8 Å². The third-order valence-electron chi connectivity index (χ3n) is 4.12. The molecule has 1 amide bonds. The van der Waals surface area contributed by atoms with Gasteiger partial charge in [-0.25, -0.2) is 8.42 Å². The Morgan fingerprint density at radius 3 is 2.52 bits per heavy atom. The number of hydrogen-bond acceptors (Lipinski definition) is 5. The summed E-state index contributed by atoms with van der Waals surface area (Å²) < 4.78 is 23.1. The Morgan fingerprint density at radius 2 is 1.93 bits per heavy atom. The third kappa shape index (κ3) is 5.48. The minimum atomic E-state index is -3.24. The lowest BCUT2D eigenvalue weighted by Crippen LogP contribution is -2.31. The summed E-state index contributed by atoms with van der Waals surface area (Å²) in [7, 11) is -3.24. The predicted octanol–water partition coefficient (Wildman–Crippen LogP) is 3.19. The number of nitrogens with zero attached hydrogens (tertiary/aromatic N) is 1. The number of benzene rings is 1. The first-order chi connectivity index (χ1) is 12.9. The van der Waals surface area contributed by atoms with E-state index in [1.54, 1.807) is 35.9 Å². The van der Waals surface area contributed by atoms with Crippen LogP contribution in [0.2, 0.25) is 0 Å². The van der Waals surface area contributed by atoms with Crippen LogP contribution < -0.4 is 5.32 Å². The van der Waals surface area contributed by atoms with Gasteiger partial charge in [-0.1, -0.05) is 24.3 Å². The summed E-state index contributed by atoms with van der Waals surface area (Å²) in [4.78, 5) is 18.1.